The predicted octanol–water partition coefficient (Wildman–Crippen LogP) is 1.66. The van der Waals surface area contributed by atoms with Crippen molar-refractivity contribution in [1.82, 2.24) is 9.59 Å². The van der Waals surface area contributed by atoms with Crippen LogP contribution in [-0.4, -0.2) is 15.5 Å². The minimum absolute atomic E-state index is 0.273. The topological polar surface area (TPSA) is 78.7 Å². The largest absolute Gasteiger partial charge is 0.321 e. The molecule has 5 nitrogen and oxygen atoms in total. The van der Waals surface area contributed by atoms with Gasteiger partial charge in [-0.15, -0.1) is 5.10 Å². The second-order valence-corrected chi connectivity index (χ2v) is 3.71. The van der Waals surface area contributed by atoms with Crippen LogP contribution in [0, 0.1) is 11.3 Å². The minimum Gasteiger partial charge on any atom is -0.321 e. The van der Waals surface area contributed by atoms with Crippen molar-refractivity contribution in [3.8, 4) is 6.07 Å². The van der Waals surface area contributed by atoms with Gasteiger partial charge in [-0.3, -0.25) is 4.79 Å². The molecule has 1 aromatic carbocycles. The van der Waals surface area contributed by atoms with Crippen LogP contribution >= 0.6 is 11.5 Å². The fourth-order valence-corrected chi connectivity index (χ4v) is 1.54. The molecule has 0 unspecified atom stereocenters. The smallest absolute Gasteiger partial charge is 0.269 e. The Morgan fingerprint density at radius 1 is 1.50 bits per heavy atom. The fraction of sp³-hybridized carbons (Fsp3) is 0. The van der Waals surface area contributed by atoms with E-state index in [0.717, 1.165) is 11.5 Å². The van der Waals surface area contributed by atoms with E-state index in [0.29, 0.717) is 16.1 Å². The van der Waals surface area contributed by atoms with Gasteiger partial charge in [0.1, 0.15) is 4.88 Å². The van der Waals surface area contributed by atoms with Gasteiger partial charge in [-0.2, -0.15) is 5.26 Å². The highest BCUT2D eigenvalue weighted by atomic mass is 32.1. The summed E-state index contributed by atoms with van der Waals surface area (Å²) in [5.74, 6) is -0.273. The number of nitriles is 1. The molecule has 0 saturated carbocycles. The summed E-state index contributed by atoms with van der Waals surface area (Å²) in [7, 11) is 0. The monoisotopic (exact) mass is 230 g/mol. The normalized spacial score (nSPS) is 9.44. The molecule has 1 N–H and O–H groups in total. The number of anilines is 1. The maximum absolute atomic E-state index is 11.6. The number of hydrogen-bond donors (Lipinski definition) is 1. The molecular formula is C10H6N4OS. The molecule has 16 heavy (non-hydrogen) atoms. The molecule has 0 bridgehead atoms. The van der Waals surface area contributed by atoms with Gasteiger partial charge >= 0.3 is 0 Å². The zero-order chi connectivity index (χ0) is 11.4. The van der Waals surface area contributed by atoms with Crippen molar-refractivity contribution in [2.75, 3.05) is 5.32 Å². The summed E-state index contributed by atoms with van der Waals surface area (Å²) in [6.45, 7) is 0. The minimum atomic E-state index is -0.273. The van der Waals surface area contributed by atoms with Gasteiger partial charge in [0.25, 0.3) is 5.91 Å². The van der Waals surface area contributed by atoms with Crippen LogP contribution in [0.1, 0.15) is 15.2 Å². The molecule has 0 aliphatic heterocycles. The summed E-state index contributed by atoms with van der Waals surface area (Å²) < 4.78 is 3.60. The van der Waals surface area contributed by atoms with E-state index in [1.165, 1.54) is 6.20 Å². The number of rotatable bonds is 2. The summed E-state index contributed by atoms with van der Waals surface area (Å²) in [4.78, 5) is 12.0. The van der Waals surface area contributed by atoms with E-state index in [2.05, 4.69) is 14.9 Å². The first-order valence-corrected chi connectivity index (χ1v) is 5.16. The second-order valence-electron chi connectivity index (χ2n) is 2.93. The molecule has 1 aromatic heterocycles. The molecular weight excluding hydrogens is 224 g/mol. The van der Waals surface area contributed by atoms with Crippen LogP contribution in [0.5, 0.6) is 0 Å². The Bertz CT molecular complexity index is 544. The molecule has 0 saturated heterocycles. The highest BCUT2D eigenvalue weighted by Crippen LogP contribution is 2.12. The standard InChI is InChI=1S/C10H6N4OS/c11-5-7-2-1-3-8(4-7)13-10(15)9-6-12-14-16-9/h1-4,6H,(H,13,15). The lowest BCUT2D eigenvalue weighted by atomic mass is 10.2. The van der Waals surface area contributed by atoms with Crippen LogP contribution in [0.2, 0.25) is 0 Å². The van der Waals surface area contributed by atoms with Crippen LogP contribution in [0.4, 0.5) is 5.69 Å². The highest BCUT2D eigenvalue weighted by Gasteiger charge is 2.08. The Kier molecular flexibility index (Phi) is 2.89. The number of carbonyl (C=O) groups excluding carboxylic acids is 1. The van der Waals surface area contributed by atoms with Crippen LogP contribution in [0.3, 0.4) is 0 Å². The van der Waals surface area contributed by atoms with Gasteiger partial charge in [0.05, 0.1) is 17.8 Å². The molecule has 2 rings (SSSR count). The van der Waals surface area contributed by atoms with Gasteiger partial charge in [0.15, 0.2) is 0 Å². The third kappa shape index (κ3) is 2.21. The van der Waals surface area contributed by atoms with Crippen molar-refractivity contribution in [3.05, 3.63) is 40.9 Å². The molecule has 0 fully saturated rings. The highest BCUT2D eigenvalue weighted by molar-refractivity contribution is 7.07. The molecule has 0 spiro atoms. The average Bonchev–Trinajstić information content (AvgIpc) is 2.83. The first kappa shape index (κ1) is 10.3. The summed E-state index contributed by atoms with van der Waals surface area (Å²) in [6, 6.07) is 8.70. The van der Waals surface area contributed by atoms with E-state index >= 15 is 0 Å². The van der Waals surface area contributed by atoms with Gasteiger partial charge in [-0.05, 0) is 29.7 Å². The molecule has 0 atom stereocenters. The first-order valence-electron chi connectivity index (χ1n) is 4.38. The average molecular weight is 230 g/mol. The summed E-state index contributed by atoms with van der Waals surface area (Å²) in [5.41, 5.74) is 1.08. The number of aromatic nitrogens is 2. The Labute approximate surface area is 95.5 Å². The molecule has 0 aliphatic carbocycles. The van der Waals surface area contributed by atoms with Gasteiger partial charge in [0.2, 0.25) is 0 Å². The lowest BCUT2D eigenvalue weighted by Crippen LogP contribution is -2.10. The van der Waals surface area contributed by atoms with Crippen LogP contribution in [-0.2, 0) is 0 Å². The van der Waals surface area contributed by atoms with E-state index in [1.54, 1.807) is 24.3 Å². The number of hydrogen-bond acceptors (Lipinski definition) is 5. The SMILES string of the molecule is N#Cc1cccc(NC(=O)c2cnns2)c1. The zero-order valence-corrected chi connectivity index (χ0v) is 8.86. The van der Waals surface area contributed by atoms with Crippen molar-refractivity contribution in [1.29, 1.82) is 5.26 Å². The summed E-state index contributed by atoms with van der Waals surface area (Å²) in [6.07, 6.45) is 1.40. The zero-order valence-electron chi connectivity index (χ0n) is 8.04. The second kappa shape index (κ2) is 4.51. The quantitative estimate of drug-likeness (QED) is 0.850. The van der Waals surface area contributed by atoms with Crippen molar-refractivity contribution in [2.24, 2.45) is 0 Å². The third-order valence-corrected chi connectivity index (χ3v) is 2.50. The fourth-order valence-electron chi connectivity index (χ4n) is 1.13. The van der Waals surface area contributed by atoms with Gasteiger partial charge in [-0.25, -0.2) is 0 Å². The first-order chi connectivity index (χ1) is 7.79. The Hall–Kier alpha value is -2.26. The van der Waals surface area contributed by atoms with Crippen LogP contribution in [0.15, 0.2) is 30.5 Å². The summed E-state index contributed by atoms with van der Waals surface area (Å²) >= 11 is 1.02. The molecule has 78 valence electrons. The maximum atomic E-state index is 11.6. The summed E-state index contributed by atoms with van der Waals surface area (Å²) in [5, 5.41) is 14.9. The molecule has 2 aromatic rings. The van der Waals surface area contributed by atoms with E-state index in [4.69, 9.17) is 5.26 Å². The lowest BCUT2D eigenvalue weighted by Gasteiger charge is -2.02. The number of carbonyl (C=O) groups is 1. The Morgan fingerprint density at radius 2 is 2.38 bits per heavy atom. The lowest BCUT2D eigenvalue weighted by molar-refractivity contribution is 0.103. The predicted molar refractivity (Wildman–Crippen MR) is 59.0 cm³/mol. The van der Waals surface area contributed by atoms with E-state index in [1.807, 2.05) is 6.07 Å². The van der Waals surface area contributed by atoms with E-state index < -0.39 is 0 Å². The van der Waals surface area contributed by atoms with Crippen molar-refractivity contribution < 1.29 is 4.79 Å². The van der Waals surface area contributed by atoms with Crippen molar-refractivity contribution in [3.63, 3.8) is 0 Å². The van der Waals surface area contributed by atoms with Crippen molar-refractivity contribution in [2.45, 2.75) is 0 Å². The molecule has 1 amide bonds. The number of benzene rings is 1. The molecule has 1 heterocycles. The van der Waals surface area contributed by atoms with E-state index in [9.17, 15) is 4.79 Å². The maximum Gasteiger partial charge on any atom is 0.269 e. The van der Waals surface area contributed by atoms with Gasteiger partial charge in [-0.1, -0.05) is 10.6 Å². The Balaban J connectivity index is 2.16. The molecule has 0 aliphatic rings. The molecule has 0 radical (unpaired) electrons. The van der Waals surface area contributed by atoms with Gasteiger partial charge < -0.3 is 5.32 Å². The molecule has 6 heteroatoms. The van der Waals surface area contributed by atoms with Crippen LogP contribution < -0.4 is 5.32 Å². The van der Waals surface area contributed by atoms with Crippen LogP contribution in [0.25, 0.3) is 0 Å². The van der Waals surface area contributed by atoms with E-state index in [-0.39, 0.29) is 5.91 Å². The number of amides is 1. The Morgan fingerprint density at radius 3 is 3.06 bits per heavy atom. The van der Waals surface area contributed by atoms with Gasteiger partial charge in [0, 0.05) is 5.69 Å². The number of nitrogens with one attached hydrogen (secondary N) is 1. The van der Waals surface area contributed by atoms with Crippen molar-refractivity contribution >= 4 is 23.1 Å². The number of nitrogens with zero attached hydrogens (tertiary/aromatic N) is 3. The third-order valence-electron chi connectivity index (χ3n) is 1.83.